The Balaban J connectivity index is 1.52. The molecule has 8 heteroatoms. The van der Waals surface area contributed by atoms with E-state index in [0.29, 0.717) is 17.1 Å². The summed E-state index contributed by atoms with van der Waals surface area (Å²) in [7, 11) is 0. The van der Waals surface area contributed by atoms with Crippen molar-refractivity contribution in [1.29, 1.82) is 0 Å². The first-order chi connectivity index (χ1) is 13.5. The van der Waals surface area contributed by atoms with Crippen LogP contribution in [0.3, 0.4) is 0 Å². The molecule has 4 rings (SSSR count). The SMILES string of the molecule is Cc1ccc(-n2nnnc2CNC(=O)C(=O)c2c(C)[nH]c3ccccc23)cc1. The summed E-state index contributed by atoms with van der Waals surface area (Å²) < 4.78 is 1.53. The highest BCUT2D eigenvalue weighted by Gasteiger charge is 2.23. The van der Waals surface area contributed by atoms with E-state index in [1.807, 2.05) is 55.5 Å². The molecule has 2 aromatic heterocycles. The molecule has 1 amide bonds. The first-order valence-electron chi connectivity index (χ1n) is 8.78. The number of para-hydroxylation sites is 1. The fraction of sp³-hybridized carbons (Fsp3) is 0.150. The van der Waals surface area contributed by atoms with Crippen molar-refractivity contribution in [3.8, 4) is 5.69 Å². The van der Waals surface area contributed by atoms with Crippen molar-refractivity contribution >= 4 is 22.6 Å². The number of carbonyl (C=O) groups is 2. The first kappa shape index (κ1) is 17.6. The van der Waals surface area contributed by atoms with Gasteiger partial charge in [-0.15, -0.1) is 5.10 Å². The number of nitrogens with one attached hydrogen (secondary N) is 2. The van der Waals surface area contributed by atoms with Crippen LogP contribution in [0.25, 0.3) is 16.6 Å². The molecular weight excluding hydrogens is 356 g/mol. The summed E-state index contributed by atoms with van der Waals surface area (Å²) in [6, 6.07) is 15.1. The maximum atomic E-state index is 12.7. The number of H-pyrrole nitrogens is 1. The third kappa shape index (κ3) is 3.16. The van der Waals surface area contributed by atoms with Gasteiger partial charge in [0.2, 0.25) is 0 Å². The second-order valence-electron chi connectivity index (χ2n) is 6.52. The van der Waals surface area contributed by atoms with Crippen LogP contribution in [0.5, 0.6) is 0 Å². The van der Waals surface area contributed by atoms with Gasteiger partial charge in [0.15, 0.2) is 5.82 Å². The Morgan fingerprint density at radius 3 is 2.61 bits per heavy atom. The van der Waals surface area contributed by atoms with E-state index in [0.717, 1.165) is 22.2 Å². The van der Waals surface area contributed by atoms with Gasteiger partial charge in [-0.3, -0.25) is 9.59 Å². The average molecular weight is 374 g/mol. The van der Waals surface area contributed by atoms with Crippen LogP contribution in [0.2, 0.25) is 0 Å². The van der Waals surface area contributed by atoms with E-state index in [9.17, 15) is 9.59 Å². The second-order valence-corrected chi connectivity index (χ2v) is 6.52. The van der Waals surface area contributed by atoms with Crippen LogP contribution in [0, 0.1) is 13.8 Å². The molecule has 0 fully saturated rings. The molecule has 0 aliphatic rings. The molecule has 0 saturated heterocycles. The van der Waals surface area contributed by atoms with Crippen LogP contribution in [-0.2, 0) is 11.3 Å². The number of nitrogens with zero attached hydrogens (tertiary/aromatic N) is 4. The van der Waals surface area contributed by atoms with Gasteiger partial charge in [0, 0.05) is 16.6 Å². The molecule has 2 N–H and O–H groups in total. The molecule has 0 aliphatic carbocycles. The number of hydrogen-bond donors (Lipinski definition) is 2. The number of ketones is 1. The van der Waals surface area contributed by atoms with Crippen molar-refractivity contribution in [3.63, 3.8) is 0 Å². The maximum Gasteiger partial charge on any atom is 0.292 e. The molecule has 2 heterocycles. The maximum absolute atomic E-state index is 12.7. The Morgan fingerprint density at radius 2 is 1.82 bits per heavy atom. The van der Waals surface area contributed by atoms with Crippen molar-refractivity contribution in [1.82, 2.24) is 30.5 Å². The van der Waals surface area contributed by atoms with Crippen LogP contribution in [-0.4, -0.2) is 36.9 Å². The van der Waals surface area contributed by atoms with Gasteiger partial charge in [-0.05, 0) is 42.5 Å². The monoisotopic (exact) mass is 374 g/mol. The first-order valence-corrected chi connectivity index (χ1v) is 8.78. The fourth-order valence-corrected chi connectivity index (χ4v) is 3.12. The van der Waals surface area contributed by atoms with Gasteiger partial charge in [0.25, 0.3) is 11.7 Å². The second kappa shape index (κ2) is 7.07. The minimum Gasteiger partial charge on any atom is -0.358 e. The van der Waals surface area contributed by atoms with E-state index in [4.69, 9.17) is 0 Å². The number of hydrogen-bond acceptors (Lipinski definition) is 5. The van der Waals surface area contributed by atoms with E-state index in [-0.39, 0.29) is 6.54 Å². The lowest BCUT2D eigenvalue weighted by molar-refractivity contribution is -0.117. The largest absolute Gasteiger partial charge is 0.358 e. The summed E-state index contributed by atoms with van der Waals surface area (Å²) in [5.41, 5.74) is 3.75. The highest BCUT2D eigenvalue weighted by Crippen LogP contribution is 2.22. The van der Waals surface area contributed by atoms with Gasteiger partial charge < -0.3 is 10.3 Å². The van der Waals surface area contributed by atoms with E-state index in [1.165, 1.54) is 4.68 Å². The molecule has 0 atom stereocenters. The zero-order chi connectivity index (χ0) is 19.7. The lowest BCUT2D eigenvalue weighted by Crippen LogP contribution is -2.31. The molecule has 0 spiro atoms. The van der Waals surface area contributed by atoms with Crippen molar-refractivity contribution in [3.05, 3.63) is 71.2 Å². The van der Waals surface area contributed by atoms with Crippen molar-refractivity contribution < 1.29 is 9.59 Å². The lowest BCUT2D eigenvalue weighted by Gasteiger charge is -2.06. The minimum absolute atomic E-state index is 0.0346. The predicted octanol–water partition coefficient (Wildman–Crippen LogP) is 2.26. The molecule has 2 aromatic carbocycles. The van der Waals surface area contributed by atoms with Gasteiger partial charge in [0.1, 0.15) is 0 Å². The van der Waals surface area contributed by atoms with E-state index in [2.05, 4.69) is 25.8 Å². The quantitative estimate of drug-likeness (QED) is 0.412. The van der Waals surface area contributed by atoms with Gasteiger partial charge in [-0.2, -0.15) is 4.68 Å². The number of aryl methyl sites for hydroxylation is 2. The topological polar surface area (TPSA) is 106 Å². The third-order valence-corrected chi connectivity index (χ3v) is 4.55. The number of amides is 1. The van der Waals surface area contributed by atoms with E-state index >= 15 is 0 Å². The standard InChI is InChI=1S/C20H18N6O2/c1-12-7-9-14(10-8-12)26-17(23-24-25-26)11-21-20(28)19(27)18-13(2)22-16-6-4-3-5-15(16)18/h3-10,22H,11H2,1-2H3,(H,21,28). The highest BCUT2D eigenvalue weighted by molar-refractivity contribution is 6.45. The molecule has 0 bridgehead atoms. The molecule has 28 heavy (non-hydrogen) atoms. The zero-order valence-electron chi connectivity index (χ0n) is 15.4. The van der Waals surface area contributed by atoms with E-state index in [1.54, 1.807) is 6.92 Å². The molecule has 0 aliphatic heterocycles. The predicted molar refractivity (Wildman–Crippen MR) is 103 cm³/mol. The van der Waals surface area contributed by atoms with Gasteiger partial charge >= 0.3 is 0 Å². The van der Waals surface area contributed by atoms with Crippen LogP contribution in [0.4, 0.5) is 0 Å². The minimum atomic E-state index is -0.702. The highest BCUT2D eigenvalue weighted by atomic mass is 16.2. The molecular formula is C20H18N6O2. The number of tetrazole rings is 1. The molecule has 0 unspecified atom stereocenters. The zero-order valence-corrected chi connectivity index (χ0v) is 15.4. The normalized spacial score (nSPS) is 10.9. The van der Waals surface area contributed by atoms with Gasteiger partial charge in [-0.1, -0.05) is 35.9 Å². The Morgan fingerprint density at radius 1 is 1.07 bits per heavy atom. The summed E-state index contributed by atoms with van der Waals surface area (Å²) >= 11 is 0. The lowest BCUT2D eigenvalue weighted by atomic mass is 10.1. The molecule has 8 nitrogen and oxygen atoms in total. The van der Waals surface area contributed by atoms with Crippen LogP contribution in [0.1, 0.15) is 27.4 Å². The van der Waals surface area contributed by atoms with E-state index < -0.39 is 11.7 Å². The number of fused-ring (bicyclic) bond motifs is 1. The Hall–Kier alpha value is -3.81. The molecule has 0 saturated carbocycles. The smallest absolute Gasteiger partial charge is 0.292 e. The number of aromatic amines is 1. The number of Topliss-reactive ketones (excluding diaryl/α,β-unsaturated/α-hetero) is 1. The molecule has 4 aromatic rings. The van der Waals surface area contributed by atoms with Crippen LogP contribution in [0.15, 0.2) is 48.5 Å². The number of benzene rings is 2. The summed E-state index contributed by atoms with van der Waals surface area (Å²) in [6.07, 6.45) is 0. The average Bonchev–Trinajstić information content (AvgIpc) is 3.29. The van der Waals surface area contributed by atoms with Gasteiger partial charge in [-0.25, -0.2) is 0 Å². The van der Waals surface area contributed by atoms with Crippen LogP contribution >= 0.6 is 0 Å². The van der Waals surface area contributed by atoms with Crippen molar-refractivity contribution in [2.24, 2.45) is 0 Å². The fourth-order valence-electron chi connectivity index (χ4n) is 3.12. The molecule has 0 radical (unpaired) electrons. The Labute approximate surface area is 160 Å². The summed E-state index contributed by atoms with van der Waals surface area (Å²) in [4.78, 5) is 28.3. The Kier molecular flexibility index (Phi) is 4.44. The summed E-state index contributed by atoms with van der Waals surface area (Å²) in [5.74, 6) is -0.865. The Bertz CT molecular complexity index is 1170. The summed E-state index contributed by atoms with van der Waals surface area (Å²) in [6.45, 7) is 3.80. The number of rotatable bonds is 5. The summed E-state index contributed by atoms with van der Waals surface area (Å²) in [5, 5.41) is 14.9. The number of carbonyl (C=O) groups excluding carboxylic acids is 2. The molecule has 140 valence electrons. The third-order valence-electron chi connectivity index (χ3n) is 4.55. The van der Waals surface area contributed by atoms with Crippen molar-refractivity contribution in [2.45, 2.75) is 20.4 Å². The van der Waals surface area contributed by atoms with Crippen LogP contribution < -0.4 is 5.32 Å². The van der Waals surface area contributed by atoms with Crippen molar-refractivity contribution in [2.75, 3.05) is 0 Å². The number of aromatic nitrogens is 5. The van der Waals surface area contributed by atoms with Gasteiger partial charge in [0.05, 0.1) is 17.8 Å².